The molecule has 0 aromatic rings. The van der Waals surface area contributed by atoms with Gasteiger partial charge in [-0.2, -0.15) is 11.8 Å². The Morgan fingerprint density at radius 2 is 2.12 bits per heavy atom. The first kappa shape index (κ1) is 13.9. The molecule has 0 spiro atoms. The molecule has 3 heteroatoms. The Balaban J connectivity index is 2.41. The van der Waals surface area contributed by atoms with E-state index in [0.717, 1.165) is 31.7 Å². The molecule has 1 fully saturated rings. The summed E-state index contributed by atoms with van der Waals surface area (Å²) in [5.74, 6) is 2.64. The van der Waals surface area contributed by atoms with Crippen molar-refractivity contribution >= 4 is 17.7 Å². The lowest BCUT2D eigenvalue weighted by Gasteiger charge is -2.29. The Morgan fingerprint density at radius 1 is 1.38 bits per heavy atom. The van der Waals surface area contributed by atoms with Crippen molar-refractivity contribution < 1.29 is 4.79 Å². The third-order valence-corrected chi connectivity index (χ3v) is 4.42. The van der Waals surface area contributed by atoms with E-state index in [-0.39, 0.29) is 5.41 Å². The Bertz CT molecular complexity index is 228. The zero-order chi connectivity index (χ0) is 12.0. The highest BCUT2D eigenvalue weighted by Gasteiger charge is 2.27. The lowest BCUT2D eigenvalue weighted by atomic mass is 9.95. The molecular weight excluding hydrogens is 218 g/mol. The minimum atomic E-state index is 0.279. The summed E-state index contributed by atoms with van der Waals surface area (Å²) in [6, 6.07) is 0. The molecule has 0 aromatic carbocycles. The van der Waals surface area contributed by atoms with Crippen molar-refractivity contribution in [3.8, 4) is 0 Å². The fourth-order valence-corrected chi connectivity index (χ4v) is 3.20. The van der Waals surface area contributed by atoms with Crippen LogP contribution in [-0.4, -0.2) is 35.4 Å². The van der Waals surface area contributed by atoms with Gasteiger partial charge in [-0.15, -0.1) is 0 Å². The fourth-order valence-electron chi connectivity index (χ4n) is 2.06. The molecule has 16 heavy (non-hydrogen) atoms. The predicted octanol–water partition coefficient (Wildman–Crippen LogP) is 3.17. The number of thioether (sulfide) groups is 1. The normalized spacial score (nSPS) is 20.6. The van der Waals surface area contributed by atoms with Gasteiger partial charge in [0.1, 0.15) is 0 Å². The molecule has 0 aromatic heterocycles. The van der Waals surface area contributed by atoms with E-state index >= 15 is 0 Å². The maximum Gasteiger partial charge on any atom is 0.222 e. The molecule has 94 valence electrons. The van der Waals surface area contributed by atoms with Crippen molar-refractivity contribution in [2.24, 2.45) is 5.41 Å². The van der Waals surface area contributed by atoms with Gasteiger partial charge in [0.2, 0.25) is 5.91 Å². The number of carbonyl (C=O) groups is 1. The second kappa shape index (κ2) is 6.53. The highest BCUT2D eigenvalue weighted by Crippen LogP contribution is 2.26. The number of unbranched alkanes of at least 4 members (excludes halogenated alkanes) is 2. The number of hydrogen-bond donors (Lipinski definition) is 0. The van der Waals surface area contributed by atoms with E-state index in [1.807, 2.05) is 11.8 Å². The number of rotatable bonds is 4. The first-order valence-corrected chi connectivity index (χ1v) is 7.56. The predicted molar refractivity (Wildman–Crippen MR) is 71.8 cm³/mol. The van der Waals surface area contributed by atoms with Crippen molar-refractivity contribution in [2.75, 3.05) is 24.6 Å². The number of hydrogen-bond acceptors (Lipinski definition) is 2. The van der Waals surface area contributed by atoms with Crippen molar-refractivity contribution in [3.63, 3.8) is 0 Å². The van der Waals surface area contributed by atoms with Crippen molar-refractivity contribution in [1.82, 2.24) is 4.90 Å². The molecule has 0 radical (unpaired) electrons. The van der Waals surface area contributed by atoms with Gasteiger partial charge in [0.05, 0.1) is 0 Å². The molecule has 1 amide bonds. The van der Waals surface area contributed by atoms with Crippen LogP contribution in [-0.2, 0) is 4.79 Å². The van der Waals surface area contributed by atoms with Gasteiger partial charge in [-0.05, 0) is 11.8 Å². The van der Waals surface area contributed by atoms with Crippen LogP contribution in [0.3, 0.4) is 0 Å². The Labute approximate surface area is 104 Å². The van der Waals surface area contributed by atoms with Crippen LogP contribution in [0.25, 0.3) is 0 Å². The van der Waals surface area contributed by atoms with Crippen LogP contribution in [0, 0.1) is 5.41 Å². The Hall–Kier alpha value is -0.180. The van der Waals surface area contributed by atoms with Gasteiger partial charge in [-0.3, -0.25) is 4.79 Å². The Kier molecular flexibility index (Phi) is 5.67. The van der Waals surface area contributed by atoms with Gasteiger partial charge >= 0.3 is 0 Å². The molecule has 0 unspecified atom stereocenters. The average Bonchev–Trinajstić information content (AvgIpc) is 2.39. The average molecular weight is 243 g/mol. The van der Waals surface area contributed by atoms with Crippen LogP contribution in [0.5, 0.6) is 0 Å². The third kappa shape index (κ3) is 4.77. The molecule has 0 atom stereocenters. The van der Waals surface area contributed by atoms with E-state index in [1.54, 1.807) is 0 Å². The highest BCUT2D eigenvalue weighted by atomic mass is 32.2. The lowest BCUT2D eigenvalue weighted by molar-refractivity contribution is -0.132. The maximum absolute atomic E-state index is 12.0. The number of nitrogens with zero attached hydrogens (tertiary/aromatic N) is 1. The quantitative estimate of drug-likeness (QED) is 0.707. The molecule has 2 nitrogen and oxygen atoms in total. The summed E-state index contributed by atoms with van der Waals surface area (Å²) in [6.07, 6.45) is 4.17. The summed E-state index contributed by atoms with van der Waals surface area (Å²) in [7, 11) is 0. The van der Waals surface area contributed by atoms with Crippen LogP contribution in [0.4, 0.5) is 0 Å². The lowest BCUT2D eigenvalue weighted by Crippen LogP contribution is -2.38. The van der Waals surface area contributed by atoms with E-state index in [2.05, 4.69) is 25.7 Å². The molecule has 1 saturated heterocycles. The van der Waals surface area contributed by atoms with Crippen molar-refractivity contribution in [1.29, 1.82) is 0 Å². The van der Waals surface area contributed by atoms with Crippen LogP contribution in [0.1, 0.15) is 46.5 Å². The molecule has 1 aliphatic rings. The largest absolute Gasteiger partial charge is 0.341 e. The van der Waals surface area contributed by atoms with Gasteiger partial charge in [-0.25, -0.2) is 0 Å². The third-order valence-electron chi connectivity index (χ3n) is 2.96. The maximum atomic E-state index is 12.0. The zero-order valence-corrected chi connectivity index (χ0v) is 11.7. The molecule has 0 aliphatic carbocycles. The van der Waals surface area contributed by atoms with Crippen LogP contribution in [0.2, 0.25) is 0 Å². The molecule has 1 heterocycles. The van der Waals surface area contributed by atoms with Gasteiger partial charge in [0.25, 0.3) is 0 Å². The molecule has 1 rings (SSSR count). The van der Waals surface area contributed by atoms with Gasteiger partial charge in [0.15, 0.2) is 0 Å². The van der Waals surface area contributed by atoms with E-state index in [4.69, 9.17) is 0 Å². The van der Waals surface area contributed by atoms with Crippen molar-refractivity contribution in [3.05, 3.63) is 0 Å². The summed E-state index contributed by atoms with van der Waals surface area (Å²) >= 11 is 1.98. The van der Waals surface area contributed by atoms with Crippen molar-refractivity contribution in [2.45, 2.75) is 46.5 Å². The second-order valence-electron chi connectivity index (χ2n) is 5.49. The first-order chi connectivity index (χ1) is 7.55. The van der Waals surface area contributed by atoms with Crippen LogP contribution >= 0.6 is 11.8 Å². The smallest absolute Gasteiger partial charge is 0.222 e. The van der Waals surface area contributed by atoms with E-state index < -0.39 is 0 Å². The standard InChI is InChI=1S/C13H25NOS/c1-4-5-6-7-12(15)14-8-9-16-11-13(2,3)10-14/h4-11H2,1-3H3. The minimum absolute atomic E-state index is 0.279. The highest BCUT2D eigenvalue weighted by molar-refractivity contribution is 7.99. The SMILES string of the molecule is CCCCCC(=O)N1CCSCC(C)(C)C1. The van der Waals surface area contributed by atoms with E-state index in [0.29, 0.717) is 5.91 Å². The summed E-state index contributed by atoms with van der Waals surface area (Å²) in [5.41, 5.74) is 0.279. The van der Waals surface area contributed by atoms with Crippen LogP contribution in [0.15, 0.2) is 0 Å². The number of carbonyl (C=O) groups excluding carboxylic acids is 1. The zero-order valence-electron chi connectivity index (χ0n) is 10.9. The monoisotopic (exact) mass is 243 g/mol. The molecular formula is C13H25NOS. The number of amides is 1. The van der Waals surface area contributed by atoms with E-state index in [1.165, 1.54) is 18.6 Å². The van der Waals surface area contributed by atoms with Gasteiger partial charge in [0, 0.05) is 31.0 Å². The first-order valence-electron chi connectivity index (χ1n) is 6.41. The molecule has 0 bridgehead atoms. The summed E-state index contributed by atoms with van der Waals surface area (Å²) < 4.78 is 0. The molecule has 0 N–H and O–H groups in total. The molecule has 1 aliphatic heterocycles. The molecule has 0 saturated carbocycles. The van der Waals surface area contributed by atoms with Gasteiger partial charge < -0.3 is 4.90 Å². The topological polar surface area (TPSA) is 20.3 Å². The summed E-state index contributed by atoms with van der Waals surface area (Å²) in [4.78, 5) is 14.1. The Morgan fingerprint density at radius 3 is 2.81 bits per heavy atom. The summed E-state index contributed by atoms with van der Waals surface area (Å²) in [5, 5.41) is 0. The van der Waals surface area contributed by atoms with E-state index in [9.17, 15) is 4.79 Å². The minimum Gasteiger partial charge on any atom is -0.341 e. The summed E-state index contributed by atoms with van der Waals surface area (Å²) in [6.45, 7) is 8.58. The van der Waals surface area contributed by atoms with Gasteiger partial charge in [-0.1, -0.05) is 33.6 Å². The fraction of sp³-hybridized carbons (Fsp3) is 0.923. The van der Waals surface area contributed by atoms with Crippen LogP contribution < -0.4 is 0 Å². The second-order valence-corrected chi connectivity index (χ2v) is 6.59.